The van der Waals surface area contributed by atoms with Gasteiger partial charge in [0.25, 0.3) is 0 Å². The van der Waals surface area contributed by atoms with Crippen molar-refractivity contribution in [3.05, 3.63) is 36.9 Å². The average Bonchev–Trinajstić information content (AvgIpc) is 3.60. The molecule has 3 atom stereocenters. The summed E-state index contributed by atoms with van der Waals surface area (Å²) in [5, 5.41) is 16.3. The molecule has 0 radical (unpaired) electrons. The summed E-state index contributed by atoms with van der Waals surface area (Å²) in [4.78, 5) is 31.7. The lowest BCUT2D eigenvalue weighted by Gasteiger charge is -2.13. The summed E-state index contributed by atoms with van der Waals surface area (Å²) in [6, 6.07) is 0. The van der Waals surface area contributed by atoms with Crippen LogP contribution >= 0.6 is 8.46 Å². The van der Waals surface area contributed by atoms with Crippen LogP contribution in [-0.4, -0.2) is 72.0 Å². The number of aliphatic hydroxyl groups is 1. The van der Waals surface area contributed by atoms with Gasteiger partial charge in [-0.15, -0.1) is 0 Å². The smallest absolute Gasteiger partial charge is 0.244 e. The molecule has 3 aromatic rings. The molecule has 186 valence electrons. The second kappa shape index (κ2) is 12.5. The summed E-state index contributed by atoms with van der Waals surface area (Å²) in [7, 11) is -0.0531. The molecule has 0 aliphatic carbocycles. The fraction of sp³-hybridized carbons (Fsp3) is 0.500. The maximum atomic E-state index is 11.8. The van der Waals surface area contributed by atoms with Gasteiger partial charge >= 0.3 is 0 Å². The van der Waals surface area contributed by atoms with E-state index in [2.05, 4.69) is 35.6 Å². The number of imidazole rings is 2. The molecule has 13 heteroatoms. The zero-order chi connectivity index (χ0) is 24.5. The Bertz CT molecular complexity index is 1140. The lowest BCUT2D eigenvalue weighted by atomic mass is 10.2. The highest BCUT2D eigenvalue weighted by Crippen LogP contribution is 2.32. The van der Waals surface area contributed by atoms with Crippen LogP contribution in [0.5, 0.6) is 0 Å². The quantitative estimate of drug-likeness (QED) is 0.157. The van der Waals surface area contributed by atoms with E-state index in [0.29, 0.717) is 29.9 Å². The third-order valence-corrected chi connectivity index (χ3v) is 6.27. The van der Waals surface area contributed by atoms with Gasteiger partial charge in [-0.05, 0) is 18.9 Å². The number of fused-ring (bicyclic) bond motifs is 1. The Balaban J connectivity index is 1.16. The largest absolute Gasteiger partial charge is 0.390 e. The maximum Gasteiger partial charge on any atom is 0.244 e. The minimum Gasteiger partial charge on any atom is -0.390 e. The number of rotatable bonds is 13. The van der Waals surface area contributed by atoms with Gasteiger partial charge in [0.15, 0.2) is 25.4 Å². The summed E-state index contributed by atoms with van der Waals surface area (Å²) in [6.07, 6.45) is 12.5. The Morgan fingerprint density at radius 1 is 1.26 bits per heavy atom. The molecule has 0 spiro atoms. The van der Waals surface area contributed by atoms with Crippen LogP contribution in [-0.2, 0) is 14.1 Å². The van der Waals surface area contributed by atoms with Crippen LogP contribution in [0, 0.1) is 0 Å². The number of ether oxygens (including phenoxy) is 1. The average molecular weight is 501 g/mol. The number of nitrogens with one attached hydrogen (secondary N) is 3. The van der Waals surface area contributed by atoms with E-state index in [0.717, 1.165) is 37.9 Å². The molecular weight excluding hydrogens is 471 g/mol. The van der Waals surface area contributed by atoms with E-state index in [-0.39, 0.29) is 20.5 Å². The molecule has 1 amide bonds. The summed E-state index contributed by atoms with van der Waals surface area (Å²) in [5.41, 5.74) is 2.05. The van der Waals surface area contributed by atoms with E-state index in [4.69, 9.17) is 4.74 Å². The number of aromatic nitrogens is 6. The Morgan fingerprint density at radius 3 is 2.91 bits per heavy atom. The van der Waals surface area contributed by atoms with Crippen molar-refractivity contribution in [2.75, 3.05) is 24.6 Å². The number of H-pyrrole nitrogens is 1. The van der Waals surface area contributed by atoms with E-state index in [1.807, 2.05) is 0 Å². The van der Waals surface area contributed by atoms with Gasteiger partial charge in [-0.1, -0.05) is 12.8 Å². The van der Waals surface area contributed by atoms with Crippen molar-refractivity contribution in [3.8, 4) is 0 Å². The Hall–Kier alpha value is -3.21. The van der Waals surface area contributed by atoms with Crippen LogP contribution in [0.3, 0.4) is 0 Å². The van der Waals surface area contributed by atoms with Gasteiger partial charge in [-0.3, -0.25) is 13.9 Å². The lowest BCUT2D eigenvalue weighted by molar-refractivity contribution is -0.116. The summed E-state index contributed by atoms with van der Waals surface area (Å²) < 4.78 is 18.5. The zero-order valence-electron chi connectivity index (χ0n) is 19.2. The van der Waals surface area contributed by atoms with Crippen LogP contribution < -0.4 is 10.6 Å². The number of carbonyl (C=O) groups is 1. The summed E-state index contributed by atoms with van der Waals surface area (Å²) in [6.45, 7) is 1.37. The topological polar surface area (TPSA) is 160 Å². The molecule has 0 aromatic carbocycles. The van der Waals surface area contributed by atoms with E-state index >= 15 is 0 Å². The van der Waals surface area contributed by atoms with Crippen LogP contribution in [0.1, 0.15) is 44.0 Å². The first-order valence-corrected chi connectivity index (χ1v) is 12.6. The van der Waals surface area contributed by atoms with Crippen molar-refractivity contribution in [2.45, 2.75) is 50.5 Å². The summed E-state index contributed by atoms with van der Waals surface area (Å²) in [5.74, 6) is 0.532. The van der Waals surface area contributed by atoms with Crippen LogP contribution in [0.2, 0.25) is 0 Å². The number of nitrogens with zero attached hydrogens (tertiary/aromatic N) is 5. The summed E-state index contributed by atoms with van der Waals surface area (Å²) >= 11 is 0. The number of aliphatic hydroxyl groups excluding tert-OH is 1. The molecule has 4 rings (SSSR count). The molecule has 1 aliphatic rings. The third-order valence-electron chi connectivity index (χ3n) is 5.76. The number of hydrogen-bond donors (Lipinski definition) is 4. The predicted molar refractivity (Wildman–Crippen MR) is 130 cm³/mol. The van der Waals surface area contributed by atoms with Crippen molar-refractivity contribution in [1.29, 1.82) is 0 Å². The number of aromatic amines is 1. The van der Waals surface area contributed by atoms with Crippen LogP contribution in [0.15, 0.2) is 31.3 Å². The minimum atomic E-state index is -0.676. The van der Waals surface area contributed by atoms with Crippen LogP contribution in [0.25, 0.3) is 17.2 Å². The normalized spacial score (nSPS) is 20.2. The molecule has 12 nitrogen and oxygen atoms in total. The molecule has 3 aromatic heterocycles. The molecule has 4 N–H and O–H groups in total. The fourth-order valence-corrected chi connectivity index (χ4v) is 4.40. The maximum absolute atomic E-state index is 11.8. The highest BCUT2D eigenvalue weighted by Gasteiger charge is 2.35. The van der Waals surface area contributed by atoms with Gasteiger partial charge in [0.2, 0.25) is 5.91 Å². The standard InChI is InChI=1S/C22H29N8O4P/c31-16-9-19(34-17(16)11-35-33)30-14-29-20-21(27-13-28-22(20)30)25-8-4-2-1-3-7-24-18(32)6-5-15-10-23-12-26-15/h5-6,10,12-14,16-17,19,31H,1-4,7-9,11H2,(H,23,26)(H,24,32)(H,25,27,28). The van der Waals surface area contributed by atoms with Crippen molar-refractivity contribution >= 4 is 37.4 Å². The lowest BCUT2D eigenvalue weighted by Crippen LogP contribution is -2.22. The predicted octanol–water partition coefficient (Wildman–Crippen LogP) is 2.29. The molecule has 0 bridgehead atoms. The molecular formula is C22H29N8O4P. The van der Waals surface area contributed by atoms with Gasteiger partial charge in [0.05, 0.1) is 42.9 Å². The Kier molecular flexibility index (Phi) is 8.88. The van der Waals surface area contributed by atoms with Crippen molar-refractivity contribution < 1.29 is 19.2 Å². The van der Waals surface area contributed by atoms with E-state index in [1.54, 1.807) is 29.5 Å². The van der Waals surface area contributed by atoms with Crippen molar-refractivity contribution in [1.82, 2.24) is 34.8 Å². The zero-order valence-corrected chi connectivity index (χ0v) is 20.1. The highest BCUT2D eigenvalue weighted by atomic mass is 31.1. The molecule has 4 heterocycles. The minimum absolute atomic E-state index is 0.0531. The first-order chi connectivity index (χ1) is 17.2. The second-order valence-electron chi connectivity index (χ2n) is 8.26. The SMILES string of the molecule is O=PCC1OC(n2cnc3c(NCCCCCCNC(=O)C=Cc4cnc[nH]4)ncnc32)CC1O. The highest BCUT2D eigenvalue weighted by molar-refractivity contribution is 7.23. The van der Waals surface area contributed by atoms with E-state index in [9.17, 15) is 14.5 Å². The van der Waals surface area contributed by atoms with E-state index < -0.39 is 18.4 Å². The monoisotopic (exact) mass is 500 g/mol. The molecule has 1 fully saturated rings. The fourth-order valence-electron chi connectivity index (χ4n) is 3.92. The number of hydrogen-bond acceptors (Lipinski definition) is 9. The van der Waals surface area contributed by atoms with Gasteiger partial charge < -0.3 is 25.5 Å². The number of unbranched alkanes of at least 4 members (excludes halogenated alkanes) is 3. The van der Waals surface area contributed by atoms with Gasteiger partial charge in [0.1, 0.15) is 12.6 Å². The molecule has 1 saturated heterocycles. The van der Waals surface area contributed by atoms with Gasteiger partial charge in [0, 0.05) is 25.6 Å². The number of carbonyl (C=O) groups excluding carboxylic acids is 1. The molecule has 3 unspecified atom stereocenters. The third kappa shape index (κ3) is 6.68. The van der Waals surface area contributed by atoms with Gasteiger partial charge in [-0.25, -0.2) is 19.9 Å². The first-order valence-electron chi connectivity index (χ1n) is 11.6. The first kappa shape index (κ1) is 24.9. The Morgan fingerprint density at radius 2 is 2.11 bits per heavy atom. The van der Waals surface area contributed by atoms with E-state index in [1.165, 1.54) is 12.4 Å². The van der Waals surface area contributed by atoms with Crippen molar-refractivity contribution in [3.63, 3.8) is 0 Å². The number of anilines is 1. The second-order valence-corrected chi connectivity index (χ2v) is 8.89. The van der Waals surface area contributed by atoms with Gasteiger partial charge in [-0.2, -0.15) is 0 Å². The van der Waals surface area contributed by atoms with Crippen molar-refractivity contribution in [2.24, 2.45) is 0 Å². The number of amides is 1. The molecule has 1 aliphatic heterocycles. The van der Waals surface area contributed by atoms with Crippen LogP contribution in [0.4, 0.5) is 5.82 Å². The molecule has 0 saturated carbocycles. The Labute approximate surface area is 203 Å². The molecule has 35 heavy (non-hydrogen) atoms.